The van der Waals surface area contributed by atoms with Crippen molar-refractivity contribution in [2.75, 3.05) is 0 Å². The van der Waals surface area contributed by atoms with Gasteiger partial charge in [0.15, 0.2) is 0 Å². The first kappa shape index (κ1) is 13.8. The van der Waals surface area contributed by atoms with Crippen LogP contribution >= 0.6 is 0 Å². The fourth-order valence-corrected chi connectivity index (χ4v) is 0.972. The maximum atomic E-state index is 10.3. The molecule has 73 valence electrons. The van der Waals surface area contributed by atoms with Crippen molar-refractivity contribution < 1.29 is 47.7 Å². The standard InChI is InChI=1S/C10H11O3.Y/c1-7-2-4-8(5-3-7)6-9(11)10(12)13;/h2,4-5,9,11H,6H2,1H3,(H,12,13);/q-1;. The molecular formula is C10H11O3Y-. The van der Waals surface area contributed by atoms with Crippen molar-refractivity contribution in [1.82, 2.24) is 0 Å². The fourth-order valence-electron chi connectivity index (χ4n) is 0.972. The first-order valence-corrected chi connectivity index (χ1v) is 3.97. The SMILES string of the molecule is Cc1[c-]cc(CC(O)C(=O)O)cc1.[Y]. The molecule has 14 heavy (non-hydrogen) atoms. The van der Waals surface area contributed by atoms with Gasteiger partial charge in [-0.25, -0.2) is 4.79 Å². The van der Waals surface area contributed by atoms with E-state index in [4.69, 9.17) is 10.2 Å². The number of benzene rings is 1. The molecule has 0 amide bonds. The van der Waals surface area contributed by atoms with Crippen LogP contribution in [0, 0.1) is 13.0 Å². The topological polar surface area (TPSA) is 57.5 Å². The molecule has 1 unspecified atom stereocenters. The summed E-state index contributed by atoms with van der Waals surface area (Å²) in [6.07, 6.45) is -1.19. The number of hydrogen-bond donors (Lipinski definition) is 2. The number of hydrogen-bond acceptors (Lipinski definition) is 2. The van der Waals surface area contributed by atoms with E-state index in [1.54, 1.807) is 12.1 Å². The number of rotatable bonds is 3. The Balaban J connectivity index is 0.00000169. The Morgan fingerprint density at radius 1 is 1.57 bits per heavy atom. The van der Waals surface area contributed by atoms with Crippen LogP contribution in [0.15, 0.2) is 18.2 Å². The van der Waals surface area contributed by atoms with Gasteiger partial charge >= 0.3 is 5.97 Å². The molecule has 3 nitrogen and oxygen atoms in total. The molecule has 0 spiro atoms. The molecule has 1 aromatic carbocycles. The molecule has 0 aliphatic rings. The summed E-state index contributed by atoms with van der Waals surface area (Å²) in [5, 5.41) is 17.5. The number of carboxylic acid groups (broad SMARTS) is 1. The van der Waals surface area contributed by atoms with Crippen LogP contribution in [0.5, 0.6) is 0 Å². The van der Waals surface area contributed by atoms with Gasteiger partial charge in [-0.1, -0.05) is 6.92 Å². The van der Waals surface area contributed by atoms with Gasteiger partial charge in [0.25, 0.3) is 0 Å². The van der Waals surface area contributed by atoms with Gasteiger partial charge in [-0.2, -0.15) is 35.4 Å². The Bertz CT molecular complexity index is 295. The monoisotopic (exact) mass is 268 g/mol. The average molecular weight is 268 g/mol. The predicted molar refractivity (Wildman–Crippen MR) is 47.4 cm³/mol. The largest absolute Gasteiger partial charge is 0.479 e. The van der Waals surface area contributed by atoms with Crippen molar-refractivity contribution in [3.63, 3.8) is 0 Å². The minimum absolute atomic E-state index is 0. The maximum Gasteiger partial charge on any atom is 0.331 e. The minimum atomic E-state index is -1.32. The van der Waals surface area contributed by atoms with Crippen LogP contribution in [0.1, 0.15) is 11.1 Å². The third-order valence-corrected chi connectivity index (χ3v) is 1.75. The normalized spacial score (nSPS) is 11.6. The van der Waals surface area contributed by atoms with Crippen LogP contribution in [0.2, 0.25) is 0 Å². The molecular weight excluding hydrogens is 257 g/mol. The Morgan fingerprint density at radius 3 is 2.64 bits per heavy atom. The van der Waals surface area contributed by atoms with Crippen molar-refractivity contribution in [3.8, 4) is 0 Å². The fraction of sp³-hybridized carbons (Fsp3) is 0.300. The number of aliphatic hydroxyl groups excluding tert-OH is 1. The van der Waals surface area contributed by atoms with Crippen molar-refractivity contribution in [2.45, 2.75) is 19.4 Å². The van der Waals surface area contributed by atoms with Crippen molar-refractivity contribution in [2.24, 2.45) is 0 Å². The van der Waals surface area contributed by atoms with Crippen LogP contribution in [0.3, 0.4) is 0 Å². The number of carboxylic acids is 1. The van der Waals surface area contributed by atoms with Crippen LogP contribution in [0.25, 0.3) is 0 Å². The number of aryl methyl sites for hydroxylation is 1. The Kier molecular flexibility index (Phi) is 6.17. The van der Waals surface area contributed by atoms with E-state index in [0.29, 0.717) is 0 Å². The molecule has 0 aromatic heterocycles. The van der Waals surface area contributed by atoms with Gasteiger partial charge < -0.3 is 10.2 Å². The van der Waals surface area contributed by atoms with E-state index in [1.807, 2.05) is 13.0 Å². The smallest absolute Gasteiger partial charge is 0.331 e. The molecule has 2 N–H and O–H groups in total. The summed E-state index contributed by atoms with van der Waals surface area (Å²) < 4.78 is 0. The van der Waals surface area contributed by atoms with Crippen molar-refractivity contribution in [1.29, 1.82) is 0 Å². The summed E-state index contributed by atoms with van der Waals surface area (Å²) in [5.74, 6) is -1.19. The summed E-state index contributed by atoms with van der Waals surface area (Å²) in [6, 6.07) is 8.26. The van der Waals surface area contributed by atoms with Gasteiger partial charge in [0.1, 0.15) is 6.10 Å². The molecule has 0 saturated carbocycles. The maximum absolute atomic E-state index is 10.3. The molecule has 1 atom stereocenters. The number of aliphatic carboxylic acids is 1. The zero-order valence-corrected chi connectivity index (χ0v) is 10.7. The van der Waals surface area contributed by atoms with E-state index in [2.05, 4.69) is 6.07 Å². The number of carbonyl (C=O) groups is 1. The third-order valence-electron chi connectivity index (χ3n) is 1.75. The Labute approximate surface area is 108 Å². The van der Waals surface area contributed by atoms with E-state index in [-0.39, 0.29) is 39.1 Å². The van der Waals surface area contributed by atoms with E-state index in [9.17, 15) is 4.79 Å². The minimum Gasteiger partial charge on any atom is -0.479 e. The zero-order chi connectivity index (χ0) is 9.84. The van der Waals surface area contributed by atoms with E-state index in [0.717, 1.165) is 11.1 Å². The van der Waals surface area contributed by atoms with Gasteiger partial charge in [-0.3, -0.25) is 0 Å². The van der Waals surface area contributed by atoms with E-state index >= 15 is 0 Å². The van der Waals surface area contributed by atoms with Gasteiger partial charge in [-0.05, 0) is 6.42 Å². The number of aliphatic hydroxyl groups is 1. The first-order chi connectivity index (χ1) is 6.09. The van der Waals surface area contributed by atoms with Crippen LogP contribution in [0.4, 0.5) is 0 Å². The summed E-state index contributed by atoms with van der Waals surface area (Å²) in [6.45, 7) is 1.90. The molecule has 0 aliphatic carbocycles. The quantitative estimate of drug-likeness (QED) is 0.796. The molecule has 1 aromatic rings. The Morgan fingerprint density at radius 2 is 2.21 bits per heavy atom. The predicted octanol–water partition coefficient (Wildman–Crippen LogP) is 0.781. The molecule has 1 rings (SSSR count). The average Bonchev–Trinajstić information content (AvgIpc) is 2.08. The molecule has 0 saturated heterocycles. The second kappa shape index (κ2) is 6.28. The molecule has 4 heteroatoms. The van der Waals surface area contributed by atoms with Gasteiger partial charge in [0.2, 0.25) is 0 Å². The Hall–Kier alpha value is -0.246. The molecule has 0 aliphatic heterocycles. The van der Waals surface area contributed by atoms with Crippen molar-refractivity contribution in [3.05, 3.63) is 35.4 Å². The summed E-state index contributed by atoms with van der Waals surface area (Å²) >= 11 is 0. The van der Waals surface area contributed by atoms with Crippen LogP contribution < -0.4 is 0 Å². The molecule has 0 bridgehead atoms. The summed E-state index contributed by atoms with van der Waals surface area (Å²) in [5.41, 5.74) is 1.77. The van der Waals surface area contributed by atoms with E-state index < -0.39 is 12.1 Å². The van der Waals surface area contributed by atoms with Gasteiger partial charge in [-0.15, -0.1) is 0 Å². The zero-order valence-electron chi connectivity index (χ0n) is 7.90. The molecule has 0 heterocycles. The third kappa shape index (κ3) is 4.31. The second-order valence-electron chi connectivity index (χ2n) is 2.94. The first-order valence-electron chi connectivity index (χ1n) is 3.97. The van der Waals surface area contributed by atoms with Gasteiger partial charge in [0.05, 0.1) is 0 Å². The van der Waals surface area contributed by atoms with Crippen LogP contribution in [-0.4, -0.2) is 22.3 Å². The van der Waals surface area contributed by atoms with E-state index in [1.165, 1.54) is 0 Å². The molecule has 0 fully saturated rings. The van der Waals surface area contributed by atoms with Crippen LogP contribution in [-0.2, 0) is 43.9 Å². The molecule has 1 radical (unpaired) electrons. The van der Waals surface area contributed by atoms with Crippen molar-refractivity contribution >= 4 is 5.97 Å². The van der Waals surface area contributed by atoms with Gasteiger partial charge in [0, 0.05) is 32.7 Å². The summed E-state index contributed by atoms with van der Waals surface area (Å²) in [7, 11) is 0. The second-order valence-corrected chi connectivity index (χ2v) is 2.94. The summed E-state index contributed by atoms with van der Waals surface area (Å²) in [4.78, 5) is 10.3.